The van der Waals surface area contributed by atoms with Crippen LogP contribution in [0.15, 0.2) is 84.9 Å². The van der Waals surface area contributed by atoms with Gasteiger partial charge in [0.1, 0.15) is 0 Å². The molecule has 0 saturated carbocycles. The fourth-order valence-corrected chi connectivity index (χ4v) is 3.99. The van der Waals surface area contributed by atoms with Crippen molar-refractivity contribution in [3.63, 3.8) is 0 Å². The second kappa shape index (κ2) is 8.41. The molecule has 3 aromatic rings. The Balaban J connectivity index is 1.53. The van der Waals surface area contributed by atoms with Gasteiger partial charge >= 0.3 is 0 Å². The molecule has 2 heteroatoms. The average molecular weight is 356 g/mol. The summed E-state index contributed by atoms with van der Waals surface area (Å²) in [5, 5.41) is 0. The topological polar surface area (TPSA) is 6.48 Å². The van der Waals surface area contributed by atoms with Crippen LogP contribution in [-0.4, -0.2) is 30.6 Å². The lowest BCUT2D eigenvalue weighted by Gasteiger charge is -2.43. The first-order valence-corrected chi connectivity index (χ1v) is 9.77. The van der Waals surface area contributed by atoms with Crippen LogP contribution < -0.4 is 4.90 Å². The minimum atomic E-state index is 0.473. The molecule has 137 valence electrons. The van der Waals surface area contributed by atoms with Crippen molar-refractivity contribution in [2.24, 2.45) is 0 Å². The van der Waals surface area contributed by atoms with Gasteiger partial charge < -0.3 is 4.90 Å². The quantitative estimate of drug-likeness (QED) is 0.648. The predicted octanol–water partition coefficient (Wildman–Crippen LogP) is 4.80. The van der Waals surface area contributed by atoms with Crippen molar-refractivity contribution in [2.45, 2.75) is 19.0 Å². The Kier molecular flexibility index (Phi) is 5.55. The van der Waals surface area contributed by atoms with Crippen LogP contribution in [-0.2, 0) is 13.0 Å². The first kappa shape index (κ1) is 17.8. The van der Waals surface area contributed by atoms with E-state index in [-0.39, 0.29) is 0 Å². The lowest BCUT2D eigenvalue weighted by atomic mass is 10.0. The number of nitrogens with zero attached hydrogens (tertiary/aromatic N) is 2. The fraction of sp³-hybridized carbons (Fsp3) is 0.240. The second-order valence-electron chi connectivity index (χ2n) is 7.42. The molecule has 1 heterocycles. The average Bonchev–Trinajstić information content (AvgIpc) is 2.71. The molecule has 1 aliphatic heterocycles. The summed E-state index contributed by atoms with van der Waals surface area (Å²) in [6.07, 6.45) is 1.07. The monoisotopic (exact) mass is 355 g/mol. The Morgan fingerprint density at radius 2 is 1.37 bits per heavy atom. The first-order valence-electron chi connectivity index (χ1n) is 9.77. The lowest BCUT2D eigenvalue weighted by Crippen LogP contribution is -2.53. The Morgan fingerprint density at radius 1 is 0.741 bits per heavy atom. The van der Waals surface area contributed by atoms with E-state index in [4.69, 9.17) is 0 Å². The molecule has 1 radical (unpaired) electrons. The second-order valence-corrected chi connectivity index (χ2v) is 7.42. The zero-order valence-corrected chi connectivity index (χ0v) is 15.8. The van der Waals surface area contributed by atoms with E-state index in [1.54, 1.807) is 0 Å². The maximum Gasteiger partial charge on any atom is 0.0458 e. The van der Waals surface area contributed by atoms with Gasteiger partial charge in [0.2, 0.25) is 0 Å². The maximum atomic E-state index is 4.03. The third-order valence-electron chi connectivity index (χ3n) is 5.40. The van der Waals surface area contributed by atoms with Gasteiger partial charge in [-0.3, -0.25) is 4.90 Å². The minimum Gasteiger partial charge on any atom is -0.366 e. The summed E-state index contributed by atoms with van der Waals surface area (Å²) in [6, 6.07) is 30.8. The number of hydrogen-bond acceptors (Lipinski definition) is 2. The number of rotatable bonds is 5. The van der Waals surface area contributed by atoms with Crippen molar-refractivity contribution in [1.82, 2.24) is 4.90 Å². The van der Waals surface area contributed by atoms with Gasteiger partial charge in [-0.15, -0.1) is 0 Å². The van der Waals surface area contributed by atoms with Crippen LogP contribution in [0, 0.1) is 6.92 Å². The minimum absolute atomic E-state index is 0.473. The smallest absolute Gasteiger partial charge is 0.0458 e. The number of benzene rings is 3. The van der Waals surface area contributed by atoms with Gasteiger partial charge in [0.25, 0.3) is 0 Å². The van der Waals surface area contributed by atoms with Crippen LogP contribution in [0.25, 0.3) is 0 Å². The highest BCUT2D eigenvalue weighted by Crippen LogP contribution is 2.24. The molecule has 0 spiro atoms. The van der Waals surface area contributed by atoms with Crippen LogP contribution in [0.2, 0.25) is 0 Å². The normalized spacial score (nSPS) is 17.8. The molecular weight excluding hydrogens is 328 g/mol. The Morgan fingerprint density at radius 3 is 2.04 bits per heavy atom. The molecule has 1 fully saturated rings. The third kappa shape index (κ3) is 4.58. The molecule has 3 aromatic carbocycles. The van der Waals surface area contributed by atoms with Gasteiger partial charge in [-0.25, -0.2) is 0 Å². The molecule has 4 rings (SSSR count). The molecule has 0 bridgehead atoms. The summed E-state index contributed by atoms with van der Waals surface area (Å²) in [7, 11) is 0. The van der Waals surface area contributed by atoms with Gasteiger partial charge in [-0.05, 0) is 42.2 Å². The molecule has 0 amide bonds. The summed E-state index contributed by atoms with van der Waals surface area (Å²) in [4.78, 5) is 5.17. The fourth-order valence-electron chi connectivity index (χ4n) is 3.99. The molecule has 1 saturated heterocycles. The molecule has 0 aromatic heterocycles. The zero-order chi connectivity index (χ0) is 18.5. The highest BCUT2D eigenvalue weighted by atomic mass is 15.3. The summed E-state index contributed by atoms with van der Waals surface area (Å²) in [5.41, 5.74) is 5.18. The number of hydrogen-bond donors (Lipinski definition) is 0. The predicted molar refractivity (Wildman–Crippen MR) is 114 cm³/mol. The molecule has 1 atom stereocenters. The van der Waals surface area contributed by atoms with Crippen LogP contribution >= 0.6 is 0 Å². The molecule has 0 aliphatic carbocycles. The van der Waals surface area contributed by atoms with E-state index in [1.165, 1.54) is 16.8 Å². The van der Waals surface area contributed by atoms with E-state index in [0.717, 1.165) is 38.2 Å². The molecule has 0 N–H and O–H groups in total. The molecule has 2 nitrogen and oxygen atoms in total. The first-order chi connectivity index (χ1) is 13.3. The van der Waals surface area contributed by atoms with E-state index < -0.39 is 0 Å². The van der Waals surface area contributed by atoms with Crippen LogP contribution in [0.1, 0.15) is 16.7 Å². The van der Waals surface area contributed by atoms with Crippen LogP contribution in [0.5, 0.6) is 0 Å². The van der Waals surface area contributed by atoms with E-state index in [9.17, 15) is 0 Å². The molecule has 1 aliphatic rings. The van der Waals surface area contributed by atoms with Gasteiger partial charge in [0.15, 0.2) is 0 Å². The summed E-state index contributed by atoms with van der Waals surface area (Å²) >= 11 is 0. The van der Waals surface area contributed by atoms with Crippen LogP contribution in [0.3, 0.4) is 0 Å². The number of anilines is 1. The largest absolute Gasteiger partial charge is 0.366 e. The van der Waals surface area contributed by atoms with E-state index in [2.05, 4.69) is 102 Å². The Hall–Kier alpha value is -2.58. The summed E-state index contributed by atoms with van der Waals surface area (Å²) in [6.45, 7) is 8.28. The Bertz CT molecular complexity index is 827. The molecule has 27 heavy (non-hydrogen) atoms. The lowest BCUT2D eigenvalue weighted by molar-refractivity contribution is 0.214. The van der Waals surface area contributed by atoms with Gasteiger partial charge in [-0.1, -0.05) is 72.8 Å². The van der Waals surface area contributed by atoms with Crippen LogP contribution in [0.4, 0.5) is 5.69 Å². The van der Waals surface area contributed by atoms with Crippen molar-refractivity contribution in [3.05, 3.63) is 109 Å². The zero-order valence-electron chi connectivity index (χ0n) is 15.8. The highest BCUT2D eigenvalue weighted by molar-refractivity contribution is 5.50. The van der Waals surface area contributed by atoms with Crippen molar-refractivity contribution >= 4 is 5.69 Å². The highest BCUT2D eigenvalue weighted by Gasteiger charge is 2.27. The van der Waals surface area contributed by atoms with E-state index >= 15 is 0 Å². The van der Waals surface area contributed by atoms with E-state index in [0.29, 0.717) is 6.04 Å². The van der Waals surface area contributed by atoms with E-state index in [1.807, 2.05) is 0 Å². The SMILES string of the molecule is [CH2]c1ccc(N2CCN(Cc3ccccc3)CC2Cc2ccccc2)cc1. The van der Waals surface area contributed by atoms with Crippen molar-refractivity contribution in [1.29, 1.82) is 0 Å². The van der Waals surface area contributed by atoms with Crippen molar-refractivity contribution < 1.29 is 0 Å². The standard InChI is InChI=1S/C25H27N2/c1-21-12-14-24(15-13-21)27-17-16-26(19-23-10-6-3-7-11-23)20-25(27)18-22-8-4-2-5-9-22/h2-15,25H,1,16-20H2. The molecular formula is C25H27N2. The third-order valence-corrected chi connectivity index (χ3v) is 5.40. The van der Waals surface area contributed by atoms with Gasteiger partial charge in [0, 0.05) is 37.9 Å². The summed E-state index contributed by atoms with van der Waals surface area (Å²) in [5.74, 6) is 0. The van der Waals surface area contributed by atoms with Gasteiger partial charge in [-0.2, -0.15) is 0 Å². The van der Waals surface area contributed by atoms with Crippen molar-refractivity contribution in [2.75, 3.05) is 24.5 Å². The Labute approximate surface area is 163 Å². The molecule has 1 unspecified atom stereocenters. The maximum absolute atomic E-state index is 4.03. The van der Waals surface area contributed by atoms with Crippen molar-refractivity contribution in [3.8, 4) is 0 Å². The van der Waals surface area contributed by atoms with Gasteiger partial charge in [0.05, 0.1) is 0 Å². The summed E-state index contributed by atoms with van der Waals surface area (Å²) < 4.78 is 0. The number of piperazine rings is 1.